The van der Waals surface area contributed by atoms with E-state index in [4.69, 9.17) is 9.47 Å². The average molecular weight is 498 g/mol. The molecule has 2 aromatic carbocycles. The van der Waals surface area contributed by atoms with Gasteiger partial charge >= 0.3 is 6.09 Å². The fourth-order valence-corrected chi connectivity index (χ4v) is 4.71. The van der Waals surface area contributed by atoms with Crippen molar-refractivity contribution in [3.8, 4) is 23.1 Å². The summed E-state index contributed by atoms with van der Waals surface area (Å²) in [7, 11) is 0. The first-order chi connectivity index (χ1) is 18.1. The quantitative estimate of drug-likeness (QED) is 0.348. The van der Waals surface area contributed by atoms with E-state index in [-0.39, 0.29) is 6.10 Å². The Bertz CT molecular complexity index is 1460. The molecule has 1 amide bonds. The Morgan fingerprint density at radius 3 is 2.68 bits per heavy atom. The Morgan fingerprint density at radius 1 is 1.19 bits per heavy atom. The molecule has 4 aromatic rings. The fraction of sp³-hybridized carbons (Fsp3) is 0.370. The van der Waals surface area contributed by atoms with Crippen LogP contribution in [0.1, 0.15) is 44.2 Å². The van der Waals surface area contributed by atoms with Gasteiger partial charge in [-0.3, -0.25) is 5.32 Å². The maximum absolute atomic E-state index is 12.2. The highest BCUT2D eigenvalue weighted by Crippen LogP contribution is 2.45. The number of nitriles is 1. The minimum Gasteiger partial charge on any atom is -0.492 e. The van der Waals surface area contributed by atoms with Crippen molar-refractivity contribution in [3.05, 3.63) is 54.4 Å². The van der Waals surface area contributed by atoms with E-state index >= 15 is 0 Å². The minimum atomic E-state index is -0.441. The molecule has 2 fully saturated rings. The molecule has 2 saturated carbocycles. The van der Waals surface area contributed by atoms with Gasteiger partial charge in [-0.1, -0.05) is 12.1 Å². The van der Waals surface area contributed by atoms with Crippen molar-refractivity contribution in [1.82, 2.24) is 24.8 Å². The Balaban J connectivity index is 1.25. The lowest BCUT2D eigenvalue weighted by Gasteiger charge is -2.14. The summed E-state index contributed by atoms with van der Waals surface area (Å²) in [5.74, 6) is 1.21. The molecule has 2 aliphatic rings. The molecular formula is C27H27N7O3. The van der Waals surface area contributed by atoms with Gasteiger partial charge in [-0.2, -0.15) is 10.1 Å². The van der Waals surface area contributed by atoms with Gasteiger partial charge in [0, 0.05) is 23.2 Å². The zero-order valence-corrected chi connectivity index (χ0v) is 20.5. The zero-order chi connectivity index (χ0) is 25.4. The molecule has 0 aliphatic heterocycles. The third-order valence-electron chi connectivity index (χ3n) is 6.93. The largest absolute Gasteiger partial charge is 0.492 e. The number of tetrazole rings is 1. The van der Waals surface area contributed by atoms with Crippen LogP contribution in [0.15, 0.2) is 48.8 Å². The van der Waals surface area contributed by atoms with Crippen LogP contribution in [-0.4, -0.2) is 43.6 Å². The summed E-state index contributed by atoms with van der Waals surface area (Å²) in [6.45, 7) is 2.83. The zero-order valence-electron chi connectivity index (χ0n) is 20.5. The number of carbonyl (C=O) groups is 1. The Kier molecular flexibility index (Phi) is 5.96. The molecule has 0 radical (unpaired) electrons. The Hall–Kier alpha value is -4.39. The van der Waals surface area contributed by atoms with Crippen LogP contribution in [0.3, 0.4) is 0 Å². The van der Waals surface area contributed by atoms with Crippen LogP contribution in [0.25, 0.3) is 22.2 Å². The van der Waals surface area contributed by atoms with Gasteiger partial charge in [-0.25, -0.2) is 4.79 Å². The van der Waals surface area contributed by atoms with Gasteiger partial charge in [-0.05, 0) is 73.6 Å². The lowest BCUT2D eigenvalue weighted by atomic mass is 10.1. The van der Waals surface area contributed by atoms with E-state index < -0.39 is 6.09 Å². The molecule has 2 heterocycles. The van der Waals surface area contributed by atoms with Crippen LogP contribution in [0.2, 0.25) is 0 Å². The second-order valence-electron chi connectivity index (χ2n) is 9.65. The molecule has 37 heavy (non-hydrogen) atoms. The Labute approximate surface area is 213 Å². The maximum atomic E-state index is 12.2. The number of nitrogens with one attached hydrogen (secondary N) is 1. The second-order valence-corrected chi connectivity index (χ2v) is 9.65. The standard InChI is InChI=1S/C27H27N7O3/c1-17(18-2-3-18)37-27(35)31-20-6-4-19(5-7-20)26-24(15-28)23-11-10-22(14-25(23)34(26)21-8-9-21)36-13-12-33-30-16-29-32-33/h4-7,10-11,14,16-18,21H,2-3,8-9,12-13H2,1H3,(H,31,35). The van der Waals surface area contributed by atoms with Crippen molar-refractivity contribution >= 4 is 22.7 Å². The molecule has 1 N–H and O–H groups in total. The van der Waals surface area contributed by atoms with E-state index in [1.165, 1.54) is 11.1 Å². The predicted molar refractivity (Wildman–Crippen MR) is 136 cm³/mol. The molecule has 0 bridgehead atoms. The molecule has 6 rings (SSSR count). The molecule has 0 saturated heterocycles. The highest BCUT2D eigenvalue weighted by Gasteiger charge is 2.32. The van der Waals surface area contributed by atoms with E-state index in [9.17, 15) is 10.1 Å². The van der Waals surface area contributed by atoms with Gasteiger partial charge < -0.3 is 14.0 Å². The summed E-state index contributed by atoms with van der Waals surface area (Å²) in [5.41, 5.74) is 4.08. The lowest BCUT2D eigenvalue weighted by molar-refractivity contribution is 0.108. The van der Waals surface area contributed by atoms with E-state index in [1.54, 1.807) is 0 Å². The highest BCUT2D eigenvalue weighted by molar-refractivity contribution is 5.96. The molecular weight excluding hydrogens is 470 g/mol. The SMILES string of the molecule is CC(OC(=O)Nc1ccc(-c2c(C#N)c3ccc(OCCn4ncnn4)cc3n2C2CC2)cc1)C1CC1. The van der Waals surface area contributed by atoms with E-state index in [2.05, 4.69) is 31.4 Å². The molecule has 10 nitrogen and oxygen atoms in total. The number of aromatic nitrogens is 5. The fourth-order valence-electron chi connectivity index (χ4n) is 4.71. The van der Waals surface area contributed by atoms with Crippen molar-refractivity contribution in [2.45, 2.75) is 51.3 Å². The third kappa shape index (κ3) is 4.85. The topological polar surface area (TPSA) is 120 Å². The number of anilines is 1. The highest BCUT2D eigenvalue weighted by atomic mass is 16.6. The molecule has 10 heteroatoms. The molecule has 188 valence electrons. The van der Waals surface area contributed by atoms with Gasteiger partial charge in [0.15, 0.2) is 6.33 Å². The monoisotopic (exact) mass is 497 g/mol. The normalized spacial score (nSPS) is 15.8. The smallest absolute Gasteiger partial charge is 0.411 e. The van der Waals surface area contributed by atoms with Crippen LogP contribution in [0.4, 0.5) is 10.5 Å². The van der Waals surface area contributed by atoms with Crippen LogP contribution >= 0.6 is 0 Å². The van der Waals surface area contributed by atoms with Gasteiger partial charge in [0.2, 0.25) is 0 Å². The van der Waals surface area contributed by atoms with Crippen LogP contribution < -0.4 is 10.1 Å². The summed E-state index contributed by atoms with van der Waals surface area (Å²) in [4.78, 5) is 13.7. The van der Waals surface area contributed by atoms with E-state index in [1.807, 2.05) is 49.4 Å². The number of fused-ring (bicyclic) bond motifs is 1. The van der Waals surface area contributed by atoms with Crippen molar-refractivity contribution in [3.63, 3.8) is 0 Å². The number of hydrogen-bond donors (Lipinski definition) is 1. The van der Waals surface area contributed by atoms with Gasteiger partial charge in [0.05, 0.1) is 23.3 Å². The first-order valence-electron chi connectivity index (χ1n) is 12.6. The molecule has 1 unspecified atom stereocenters. The first-order valence-corrected chi connectivity index (χ1v) is 12.6. The summed E-state index contributed by atoms with van der Waals surface area (Å²) >= 11 is 0. The van der Waals surface area contributed by atoms with Crippen molar-refractivity contribution in [1.29, 1.82) is 5.26 Å². The van der Waals surface area contributed by atoms with E-state index in [0.717, 1.165) is 53.6 Å². The number of rotatable bonds is 9. The molecule has 2 aliphatic carbocycles. The molecule has 1 atom stereocenters. The van der Waals surface area contributed by atoms with Crippen molar-refractivity contribution < 1.29 is 14.3 Å². The average Bonchev–Trinajstić information content (AvgIpc) is 3.84. The van der Waals surface area contributed by atoms with Crippen LogP contribution in [0, 0.1) is 17.2 Å². The number of benzene rings is 2. The molecule has 0 spiro atoms. The van der Waals surface area contributed by atoms with Crippen LogP contribution in [0.5, 0.6) is 5.75 Å². The first kappa shape index (κ1) is 23.0. The number of ether oxygens (including phenoxy) is 2. The number of carbonyl (C=O) groups excluding carboxylic acids is 1. The predicted octanol–water partition coefficient (Wildman–Crippen LogP) is 4.93. The minimum absolute atomic E-state index is 0.0696. The number of hydrogen-bond acceptors (Lipinski definition) is 7. The summed E-state index contributed by atoms with van der Waals surface area (Å²) in [5, 5.41) is 25.4. The van der Waals surface area contributed by atoms with E-state index in [0.29, 0.717) is 36.4 Å². The number of amides is 1. The van der Waals surface area contributed by atoms with Gasteiger partial charge in [0.25, 0.3) is 0 Å². The summed E-state index contributed by atoms with van der Waals surface area (Å²) in [6, 6.07) is 16.2. The third-order valence-corrected chi connectivity index (χ3v) is 6.93. The van der Waals surface area contributed by atoms with Crippen molar-refractivity contribution in [2.24, 2.45) is 5.92 Å². The van der Waals surface area contributed by atoms with Crippen LogP contribution in [-0.2, 0) is 11.3 Å². The van der Waals surface area contributed by atoms with Gasteiger partial charge in [0.1, 0.15) is 24.5 Å². The Morgan fingerprint density at radius 2 is 2.00 bits per heavy atom. The summed E-state index contributed by atoms with van der Waals surface area (Å²) < 4.78 is 13.7. The summed E-state index contributed by atoms with van der Waals surface area (Å²) in [6.07, 6.45) is 5.25. The van der Waals surface area contributed by atoms with Gasteiger partial charge in [-0.15, -0.1) is 10.2 Å². The van der Waals surface area contributed by atoms with Crippen molar-refractivity contribution in [2.75, 3.05) is 11.9 Å². The lowest BCUT2D eigenvalue weighted by Crippen LogP contribution is -2.21. The second kappa shape index (κ2) is 9.58. The molecule has 2 aromatic heterocycles. The number of nitrogens with zero attached hydrogens (tertiary/aromatic N) is 6. The maximum Gasteiger partial charge on any atom is 0.411 e.